The Morgan fingerprint density at radius 1 is 1.04 bits per heavy atom. The molecule has 0 radical (unpaired) electrons. The molecule has 0 spiro atoms. The number of carbonyl (C=O) groups is 2. The van der Waals surface area contributed by atoms with Crippen molar-refractivity contribution in [1.82, 2.24) is 15.1 Å². The summed E-state index contributed by atoms with van der Waals surface area (Å²) < 4.78 is 10.6. The second kappa shape index (κ2) is 6.32. The lowest BCUT2D eigenvalue weighted by Gasteiger charge is -2.36. The molecule has 1 unspecified atom stereocenters. The number of fused-ring (bicyclic) bond motifs is 1. The van der Waals surface area contributed by atoms with Crippen LogP contribution in [0.15, 0.2) is 18.2 Å². The van der Waals surface area contributed by atoms with E-state index < -0.39 is 0 Å². The van der Waals surface area contributed by atoms with Crippen LogP contribution in [0.3, 0.4) is 0 Å². The Labute approximate surface area is 140 Å². The van der Waals surface area contributed by atoms with E-state index in [-0.39, 0.29) is 24.5 Å². The number of amides is 2. The van der Waals surface area contributed by atoms with Crippen molar-refractivity contribution in [1.29, 1.82) is 0 Å². The highest BCUT2D eigenvalue weighted by molar-refractivity contribution is 5.95. The molecule has 2 amide bonds. The molecule has 0 aromatic heterocycles. The molecule has 0 saturated carbocycles. The largest absolute Gasteiger partial charge is 0.454 e. The van der Waals surface area contributed by atoms with Crippen molar-refractivity contribution >= 4 is 11.8 Å². The Hall–Kier alpha value is -2.28. The Morgan fingerprint density at radius 3 is 2.54 bits per heavy atom. The van der Waals surface area contributed by atoms with Crippen LogP contribution in [0, 0.1) is 5.92 Å². The summed E-state index contributed by atoms with van der Waals surface area (Å²) in [6.45, 7) is 4.23. The maximum absolute atomic E-state index is 12.6. The van der Waals surface area contributed by atoms with Crippen LogP contribution in [-0.2, 0) is 4.79 Å². The van der Waals surface area contributed by atoms with Crippen LogP contribution in [-0.4, -0.2) is 67.7 Å². The van der Waals surface area contributed by atoms with Crippen LogP contribution in [0.2, 0.25) is 0 Å². The van der Waals surface area contributed by atoms with Gasteiger partial charge in [-0.1, -0.05) is 0 Å². The molecule has 2 fully saturated rings. The van der Waals surface area contributed by atoms with Gasteiger partial charge < -0.3 is 24.6 Å². The molecule has 1 aromatic rings. The highest BCUT2D eigenvalue weighted by atomic mass is 16.7. The summed E-state index contributed by atoms with van der Waals surface area (Å²) in [4.78, 5) is 28.8. The van der Waals surface area contributed by atoms with Crippen molar-refractivity contribution in [2.75, 3.05) is 46.1 Å². The molecular formula is C17H21N3O4. The van der Waals surface area contributed by atoms with Crippen molar-refractivity contribution < 1.29 is 19.1 Å². The summed E-state index contributed by atoms with van der Waals surface area (Å²) >= 11 is 0. The topological polar surface area (TPSA) is 71.1 Å². The highest BCUT2D eigenvalue weighted by Gasteiger charge is 2.31. The second-order valence-corrected chi connectivity index (χ2v) is 6.38. The summed E-state index contributed by atoms with van der Waals surface area (Å²) in [5.74, 6) is 1.58. The van der Waals surface area contributed by atoms with Gasteiger partial charge in [0.15, 0.2) is 11.5 Å². The normalized spacial score (nSPS) is 22.8. The van der Waals surface area contributed by atoms with E-state index in [0.717, 1.165) is 19.5 Å². The minimum Gasteiger partial charge on any atom is -0.454 e. The van der Waals surface area contributed by atoms with Gasteiger partial charge in [-0.05, 0) is 31.2 Å². The fraction of sp³-hybridized carbons (Fsp3) is 0.529. The van der Waals surface area contributed by atoms with E-state index in [1.807, 2.05) is 4.90 Å². The molecule has 24 heavy (non-hydrogen) atoms. The zero-order valence-corrected chi connectivity index (χ0v) is 13.5. The SMILES string of the molecule is O=C(c1ccc2c(c1)OCO2)N1CCN(C(=O)C2CCNC2)CC1. The number of hydrogen-bond acceptors (Lipinski definition) is 5. The first-order chi connectivity index (χ1) is 11.7. The number of piperazine rings is 1. The molecule has 0 aliphatic carbocycles. The van der Waals surface area contributed by atoms with Gasteiger partial charge in [0.2, 0.25) is 12.7 Å². The van der Waals surface area contributed by atoms with Gasteiger partial charge in [-0.3, -0.25) is 9.59 Å². The van der Waals surface area contributed by atoms with Gasteiger partial charge in [0.1, 0.15) is 0 Å². The van der Waals surface area contributed by atoms with Gasteiger partial charge in [0, 0.05) is 38.3 Å². The fourth-order valence-electron chi connectivity index (χ4n) is 3.47. The summed E-state index contributed by atoms with van der Waals surface area (Å²) in [5.41, 5.74) is 0.596. The quantitative estimate of drug-likeness (QED) is 0.844. The average Bonchev–Trinajstić information content (AvgIpc) is 3.31. The molecule has 3 aliphatic heterocycles. The molecule has 1 aromatic carbocycles. The van der Waals surface area contributed by atoms with Gasteiger partial charge >= 0.3 is 0 Å². The van der Waals surface area contributed by atoms with Crippen molar-refractivity contribution in [2.24, 2.45) is 5.92 Å². The monoisotopic (exact) mass is 331 g/mol. The lowest BCUT2D eigenvalue weighted by atomic mass is 10.1. The number of nitrogens with one attached hydrogen (secondary N) is 1. The molecule has 7 nitrogen and oxygen atoms in total. The number of carbonyl (C=O) groups excluding carboxylic acids is 2. The molecular weight excluding hydrogens is 310 g/mol. The fourth-order valence-corrected chi connectivity index (χ4v) is 3.47. The number of ether oxygens (including phenoxy) is 2. The summed E-state index contributed by atoms with van der Waals surface area (Å²) in [7, 11) is 0. The second-order valence-electron chi connectivity index (χ2n) is 6.38. The molecule has 3 aliphatic rings. The van der Waals surface area contributed by atoms with Gasteiger partial charge in [-0.15, -0.1) is 0 Å². The third-order valence-electron chi connectivity index (χ3n) is 4.91. The number of benzene rings is 1. The zero-order valence-electron chi connectivity index (χ0n) is 13.5. The number of hydrogen-bond donors (Lipinski definition) is 1. The molecule has 1 atom stereocenters. The van der Waals surface area contributed by atoms with E-state index in [4.69, 9.17) is 9.47 Å². The molecule has 0 bridgehead atoms. The highest BCUT2D eigenvalue weighted by Crippen LogP contribution is 2.32. The van der Waals surface area contributed by atoms with E-state index in [0.29, 0.717) is 43.2 Å². The Morgan fingerprint density at radius 2 is 1.79 bits per heavy atom. The molecule has 1 N–H and O–H groups in total. The van der Waals surface area contributed by atoms with E-state index in [2.05, 4.69) is 5.32 Å². The zero-order chi connectivity index (χ0) is 16.5. The smallest absolute Gasteiger partial charge is 0.254 e. The van der Waals surface area contributed by atoms with Crippen molar-refractivity contribution in [3.05, 3.63) is 23.8 Å². The van der Waals surface area contributed by atoms with Crippen LogP contribution in [0.4, 0.5) is 0 Å². The van der Waals surface area contributed by atoms with E-state index >= 15 is 0 Å². The summed E-state index contributed by atoms with van der Waals surface area (Å²) in [5, 5.41) is 3.23. The Bertz CT molecular complexity index is 649. The molecule has 128 valence electrons. The van der Waals surface area contributed by atoms with Crippen molar-refractivity contribution in [3.63, 3.8) is 0 Å². The average molecular weight is 331 g/mol. The van der Waals surface area contributed by atoms with Gasteiger partial charge in [0.05, 0.1) is 5.92 Å². The maximum Gasteiger partial charge on any atom is 0.254 e. The standard InChI is InChI=1S/C17H21N3O4/c21-16(12-1-2-14-15(9-12)24-11-23-14)19-5-7-20(8-6-19)17(22)13-3-4-18-10-13/h1-2,9,13,18H,3-8,10-11H2. The third kappa shape index (κ3) is 2.80. The first kappa shape index (κ1) is 15.3. The Kier molecular flexibility index (Phi) is 4.02. The minimum absolute atomic E-state index is 0.0251. The predicted octanol–water partition coefficient (Wildman–Crippen LogP) is 0.309. The van der Waals surface area contributed by atoms with Crippen LogP contribution >= 0.6 is 0 Å². The van der Waals surface area contributed by atoms with E-state index in [1.54, 1.807) is 23.1 Å². The van der Waals surface area contributed by atoms with Gasteiger partial charge in [0.25, 0.3) is 5.91 Å². The van der Waals surface area contributed by atoms with Crippen molar-refractivity contribution in [3.8, 4) is 11.5 Å². The first-order valence-corrected chi connectivity index (χ1v) is 8.41. The molecule has 7 heteroatoms. The Balaban J connectivity index is 1.37. The van der Waals surface area contributed by atoms with Crippen LogP contribution in [0.5, 0.6) is 11.5 Å². The predicted molar refractivity (Wildman–Crippen MR) is 86.0 cm³/mol. The van der Waals surface area contributed by atoms with Crippen LogP contribution < -0.4 is 14.8 Å². The third-order valence-corrected chi connectivity index (χ3v) is 4.91. The molecule has 2 saturated heterocycles. The van der Waals surface area contributed by atoms with E-state index in [1.165, 1.54) is 0 Å². The lowest BCUT2D eigenvalue weighted by molar-refractivity contribution is -0.136. The van der Waals surface area contributed by atoms with Crippen LogP contribution in [0.25, 0.3) is 0 Å². The van der Waals surface area contributed by atoms with Gasteiger partial charge in [-0.25, -0.2) is 0 Å². The maximum atomic E-state index is 12.6. The summed E-state index contributed by atoms with van der Waals surface area (Å²) in [6, 6.07) is 5.26. The lowest BCUT2D eigenvalue weighted by Crippen LogP contribution is -2.52. The van der Waals surface area contributed by atoms with Crippen LogP contribution in [0.1, 0.15) is 16.8 Å². The van der Waals surface area contributed by atoms with E-state index in [9.17, 15) is 9.59 Å². The number of rotatable bonds is 2. The number of nitrogens with zero attached hydrogens (tertiary/aromatic N) is 2. The minimum atomic E-state index is -0.0251. The summed E-state index contributed by atoms with van der Waals surface area (Å²) in [6.07, 6.45) is 0.912. The molecule has 3 heterocycles. The van der Waals surface area contributed by atoms with Crippen molar-refractivity contribution in [2.45, 2.75) is 6.42 Å². The van der Waals surface area contributed by atoms with Gasteiger partial charge in [-0.2, -0.15) is 0 Å². The molecule has 4 rings (SSSR count). The first-order valence-electron chi connectivity index (χ1n) is 8.41.